The van der Waals surface area contributed by atoms with Crippen molar-refractivity contribution in [1.82, 2.24) is 25.4 Å². The molecule has 1 aromatic carbocycles. The van der Waals surface area contributed by atoms with Crippen molar-refractivity contribution >= 4 is 16.9 Å². The fraction of sp³-hybridized carbons (Fsp3) is 0.389. The van der Waals surface area contributed by atoms with Crippen LogP contribution in [-0.2, 0) is 20.1 Å². The van der Waals surface area contributed by atoms with E-state index >= 15 is 0 Å². The smallest absolute Gasteiger partial charge is 0.192 e. The average molecular weight is 340 g/mol. The Morgan fingerprint density at radius 1 is 1.20 bits per heavy atom. The lowest BCUT2D eigenvalue weighted by Crippen LogP contribution is -2.36. The van der Waals surface area contributed by atoms with Gasteiger partial charge in [-0.1, -0.05) is 18.2 Å². The quantitative estimate of drug-likeness (QED) is 0.551. The molecule has 0 unspecified atom stereocenters. The predicted molar refractivity (Wildman–Crippen MR) is 98.3 cm³/mol. The minimum absolute atomic E-state index is 0.464. The highest BCUT2D eigenvalue weighted by Crippen LogP contribution is 2.24. The summed E-state index contributed by atoms with van der Waals surface area (Å²) in [5.41, 5.74) is 2.07. The number of aliphatic imine (C=N–C) groups is 1. The maximum absolute atomic E-state index is 5.94. The molecule has 0 saturated heterocycles. The summed E-state index contributed by atoms with van der Waals surface area (Å²) in [6.45, 7) is 7.86. The number of rotatable bonds is 5. The second-order valence-electron chi connectivity index (χ2n) is 5.92. The van der Waals surface area contributed by atoms with Gasteiger partial charge in [-0.3, -0.25) is 0 Å². The van der Waals surface area contributed by atoms with Crippen LogP contribution in [0, 0.1) is 13.8 Å². The summed E-state index contributed by atoms with van der Waals surface area (Å²) in [5, 5.41) is 15.9. The lowest BCUT2D eigenvalue weighted by Gasteiger charge is -2.10. The number of nitrogens with zero attached hydrogens (tertiary/aromatic N) is 4. The molecular formula is C18H24N6O. The van der Waals surface area contributed by atoms with E-state index < -0.39 is 0 Å². The van der Waals surface area contributed by atoms with Crippen molar-refractivity contribution in [2.45, 2.75) is 33.9 Å². The first-order valence-corrected chi connectivity index (χ1v) is 8.44. The highest BCUT2D eigenvalue weighted by molar-refractivity contribution is 5.82. The molecule has 3 aromatic rings. The van der Waals surface area contributed by atoms with E-state index in [2.05, 4.69) is 38.8 Å². The molecule has 2 heterocycles. The topological polar surface area (TPSA) is 80.3 Å². The molecular weight excluding hydrogens is 316 g/mol. The summed E-state index contributed by atoms with van der Waals surface area (Å²) >= 11 is 0. The fourth-order valence-electron chi connectivity index (χ4n) is 2.64. The molecule has 7 nitrogen and oxygen atoms in total. The van der Waals surface area contributed by atoms with Crippen LogP contribution in [0.15, 0.2) is 33.7 Å². The van der Waals surface area contributed by atoms with Gasteiger partial charge in [0.1, 0.15) is 23.7 Å². The number of guanidine groups is 1. The molecule has 0 saturated carbocycles. The minimum atomic E-state index is 0.464. The molecule has 132 valence electrons. The summed E-state index contributed by atoms with van der Waals surface area (Å²) in [7, 11) is 1.94. The van der Waals surface area contributed by atoms with E-state index in [4.69, 9.17) is 4.42 Å². The van der Waals surface area contributed by atoms with Gasteiger partial charge in [-0.05, 0) is 26.8 Å². The van der Waals surface area contributed by atoms with E-state index in [0.717, 1.165) is 46.4 Å². The van der Waals surface area contributed by atoms with Gasteiger partial charge in [0, 0.05) is 24.5 Å². The molecule has 3 rings (SSSR count). The minimum Gasteiger partial charge on any atom is -0.459 e. The Morgan fingerprint density at radius 2 is 2.00 bits per heavy atom. The third kappa shape index (κ3) is 3.65. The molecule has 0 bridgehead atoms. The molecule has 0 fully saturated rings. The normalized spacial score (nSPS) is 11.9. The number of benzene rings is 1. The van der Waals surface area contributed by atoms with Crippen molar-refractivity contribution < 1.29 is 4.42 Å². The molecule has 25 heavy (non-hydrogen) atoms. The fourth-order valence-corrected chi connectivity index (χ4v) is 2.64. The van der Waals surface area contributed by atoms with Crippen LogP contribution in [-0.4, -0.2) is 27.3 Å². The number of aryl methyl sites for hydroxylation is 2. The van der Waals surface area contributed by atoms with Crippen molar-refractivity contribution in [3.05, 3.63) is 47.2 Å². The van der Waals surface area contributed by atoms with E-state index in [1.807, 2.05) is 43.7 Å². The number of furan rings is 1. The predicted octanol–water partition coefficient (Wildman–Crippen LogP) is 2.43. The van der Waals surface area contributed by atoms with Crippen LogP contribution in [0.25, 0.3) is 11.0 Å². The number of nitrogens with one attached hydrogen (secondary N) is 2. The van der Waals surface area contributed by atoms with Gasteiger partial charge in [-0.25, -0.2) is 4.99 Å². The summed E-state index contributed by atoms with van der Waals surface area (Å²) in [6, 6.07) is 8.07. The van der Waals surface area contributed by atoms with E-state index in [9.17, 15) is 0 Å². The molecule has 0 atom stereocenters. The summed E-state index contributed by atoms with van der Waals surface area (Å²) in [5.74, 6) is 3.35. The molecule has 0 amide bonds. The Bertz CT molecular complexity index is 892. The van der Waals surface area contributed by atoms with Crippen molar-refractivity contribution in [2.75, 3.05) is 6.54 Å². The van der Waals surface area contributed by atoms with Gasteiger partial charge in [0.25, 0.3) is 0 Å². The second kappa shape index (κ2) is 7.38. The van der Waals surface area contributed by atoms with Crippen LogP contribution < -0.4 is 10.6 Å². The number of fused-ring (bicyclic) bond motifs is 1. The van der Waals surface area contributed by atoms with Crippen LogP contribution in [0.2, 0.25) is 0 Å². The van der Waals surface area contributed by atoms with Crippen LogP contribution >= 0.6 is 0 Å². The molecule has 0 aliphatic carbocycles. The van der Waals surface area contributed by atoms with Crippen molar-refractivity contribution in [3.8, 4) is 0 Å². The zero-order valence-corrected chi connectivity index (χ0v) is 15.1. The SMILES string of the molecule is CCNC(=NCc1nnc(C)n1C)NCc1oc2ccccc2c1C. The lowest BCUT2D eigenvalue weighted by atomic mass is 10.1. The Kier molecular flexibility index (Phi) is 5.02. The van der Waals surface area contributed by atoms with Gasteiger partial charge in [0.05, 0.1) is 6.54 Å². The van der Waals surface area contributed by atoms with Crippen molar-refractivity contribution in [1.29, 1.82) is 0 Å². The first-order chi connectivity index (χ1) is 12.1. The van der Waals surface area contributed by atoms with Gasteiger partial charge in [-0.15, -0.1) is 10.2 Å². The molecule has 0 aliphatic rings. The van der Waals surface area contributed by atoms with E-state index in [0.29, 0.717) is 13.1 Å². The van der Waals surface area contributed by atoms with Gasteiger partial charge >= 0.3 is 0 Å². The van der Waals surface area contributed by atoms with Crippen molar-refractivity contribution in [3.63, 3.8) is 0 Å². The summed E-state index contributed by atoms with van der Waals surface area (Å²) in [4.78, 5) is 4.59. The second-order valence-corrected chi connectivity index (χ2v) is 5.92. The van der Waals surface area contributed by atoms with Crippen LogP contribution in [0.4, 0.5) is 0 Å². The summed E-state index contributed by atoms with van der Waals surface area (Å²) < 4.78 is 7.88. The number of hydrogen-bond donors (Lipinski definition) is 2. The van der Waals surface area contributed by atoms with Gasteiger partial charge in [0.15, 0.2) is 11.8 Å². The number of aromatic nitrogens is 3. The Balaban J connectivity index is 1.71. The maximum Gasteiger partial charge on any atom is 0.192 e. The van der Waals surface area contributed by atoms with Crippen LogP contribution in [0.5, 0.6) is 0 Å². The van der Waals surface area contributed by atoms with E-state index in [1.54, 1.807) is 0 Å². The third-order valence-corrected chi connectivity index (χ3v) is 4.26. The highest BCUT2D eigenvalue weighted by Gasteiger charge is 2.10. The molecule has 2 N–H and O–H groups in total. The molecule has 0 radical (unpaired) electrons. The van der Waals surface area contributed by atoms with E-state index in [1.165, 1.54) is 0 Å². The van der Waals surface area contributed by atoms with Crippen molar-refractivity contribution in [2.24, 2.45) is 12.0 Å². The van der Waals surface area contributed by atoms with Gasteiger partial charge in [0.2, 0.25) is 0 Å². The Hall–Kier alpha value is -2.83. The van der Waals surface area contributed by atoms with Gasteiger partial charge < -0.3 is 19.6 Å². The average Bonchev–Trinajstić information content (AvgIpc) is 3.11. The number of para-hydroxylation sites is 1. The number of hydrogen-bond acceptors (Lipinski definition) is 4. The monoisotopic (exact) mass is 340 g/mol. The van der Waals surface area contributed by atoms with E-state index in [-0.39, 0.29) is 0 Å². The molecule has 7 heteroatoms. The first kappa shape index (κ1) is 17.0. The van der Waals surface area contributed by atoms with Crippen LogP contribution in [0.3, 0.4) is 0 Å². The summed E-state index contributed by atoms with van der Waals surface area (Å²) in [6.07, 6.45) is 0. The molecule has 0 spiro atoms. The first-order valence-electron chi connectivity index (χ1n) is 8.44. The third-order valence-electron chi connectivity index (χ3n) is 4.26. The Labute approximate surface area is 147 Å². The zero-order valence-electron chi connectivity index (χ0n) is 15.1. The lowest BCUT2D eigenvalue weighted by molar-refractivity contribution is 0.534. The largest absolute Gasteiger partial charge is 0.459 e. The molecule has 0 aliphatic heterocycles. The standard InChI is InChI=1S/C18H24N6O/c1-5-19-18(21-11-17-23-22-13(3)24(17)4)20-10-16-12(2)14-8-6-7-9-15(14)25-16/h6-9H,5,10-11H2,1-4H3,(H2,19,20,21). The maximum atomic E-state index is 5.94. The zero-order chi connectivity index (χ0) is 17.8. The van der Waals surface area contributed by atoms with Crippen LogP contribution in [0.1, 0.15) is 29.9 Å². The highest BCUT2D eigenvalue weighted by atomic mass is 16.3. The Morgan fingerprint density at radius 3 is 2.68 bits per heavy atom. The van der Waals surface area contributed by atoms with Gasteiger partial charge in [-0.2, -0.15) is 0 Å². The molecule has 2 aromatic heterocycles.